The molecule has 1 amide bonds. The Hall–Kier alpha value is -1.66. The second-order valence-electron chi connectivity index (χ2n) is 3.75. The van der Waals surface area contributed by atoms with Gasteiger partial charge in [0.05, 0.1) is 11.5 Å². The zero-order valence-electron chi connectivity index (χ0n) is 9.91. The smallest absolute Gasteiger partial charge is 0.244 e. The molecule has 6 heteroatoms. The molecule has 1 rings (SSSR count). The summed E-state index contributed by atoms with van der Waals surface area (Å²) in [6.45, 7) is 1.41. The highest BCUT2D eigenvalue weighted by Gasteiger charge is 2.10. The monoisotopic (exact) mass is 269 g/mol. The third-order valence-corrected chi connectivity index (χ3v) is 3.56. The number of hydrogen-bond acceptors (Lipinski definition) is 4. The van der Waals surface area contributed by atoms with E-state index in [1.165, 1.54) is 12.1 Å². The SMILES string of the molecule is C[C@@H](CO)NC(=O)C=CS(=O)(=O)c1ccccc1. The van der Waals surface area contributed by atoms with Crippen LogP contribution in [0.25, 0.3) is 0 Å². The lowest BCUT2D eigenvalue weighted by atomic mass is 10.3. The second kappa shape index (κ2) is 6.32. The molecule has 98 valence electrons. The van der Waals surface area contributed by atoms with Crippen LogP contribution in [0.3, 0.4) is 0 Å². The van der Waals surface area contributed by atoms with Gasteiger partial charge in [0, 0.05) is 17.5 Å². The van der Waals surface area contributed by atoms with Crippen molar-refractivity contribution in [2.45, 2.75) is 17.9 Å². The van der Waals surface area contributed by atoms with E-state index < -0.39 is 21.8 Å². The first kappa shape index (κ1) is 14.4. The summed E-state index contributed by atoms with van der Waals surface area (Å²) in [5.41, 5.74) is 0. The molecular formula is C12H15NO4S. The van der Waals surface area contributed by atoms with Crippen LogP contribution in [-0.2, 0) is 14.6 Å². The van der Waals surface area contributed by atoms with Gasteiger partial charge in [-0.1, -0.05) is 18.2 Å². The Morgan fingerprint density at radius 2 is 2.00 bits per heavy atom. The van der Waals surface area contributed by atoms with Gasteiger partial charge in [-0.25, -0.2) is 8.42 Å². The molecule has 0 aliphatic heterocycles. The number of carbonyl (C=O) groups is 1. The van der Waals surface area contributed by atoms with E-state index in [0.29, 0.717) is 0 Å². The number of nitrogens with one attached hydrogen (secondary N) is 1. The minimum absolute atomic E-state index is 0.129. The van der Waals surface area contributed by atoms with E-state index >= 15 is 0 Å². The molecule has 5 nitrogen and oxygen atoms in total. The topological polar surface area (TPSA) is 83.5 Å². The van der Waals surface area contributed by atoms with Crippen molar-refractivity contribution in [3.05, 3.63) is 41.8 Å². The zero-order chi connectivity index (χ0) is 13.6. The maximum Gasteiger partial charge on any atom is 0.244 e. The van der Waals surface area contributed by atoms with Crippen molar-refractivity contribution < 1.29 is 18.3 Å². The highest BCUT2D eigenvalue weighted by atomic mass is 32.2. The first-order chi connectivity index (χ1) is 8.45. The van der Waals surface area contributed by atoms with E-state index in [4.69, 9.17) is 5.11 Å². The van der Waals surface area contributed by atoms with Gasteiger partial charge in [-0.05, 0) is 19.1 Å². The second-order valence-corrected chi connectivity index (χ2v) is 5.59. The number of aliphatic hydroxyl groups is 1. The standard InChI is InChI=1S/C12H15NO4S/c1-10(9-14)13-12(15)7-8-18(16,17)11-5-3-2-4-6-11/h2-8,10,14H,9H2,1H3,(H,13,15)/t10-/m0/s1. The molecule has 0 heterocycles. The summed E-state index contributed by atoms with van der Waals surface area (Å²) in [5.74, 6) is -0.559. The Kier molecular flexibility index (Phi) is 5.06. The molecular weight excluding hydrogens is 254 g/mol. The molecule has 0 saturated carbocycles. The molecule has 1 aromatic carbocycles. The third kappa shape index (κ3) is 4.31. The van der Waals surface area contributed by atoms with E-state index in [-0.39, 0.29) is 11.5 Å². The van der Waals surface area contributed by atoms with E-state index in [2.05, 4.69) is 5.32 Å². The van der Waals surface area contributed by atoms with Crippen LogP contribution in [0.2, 0.25) is 0 Å². The first-order valence-electron chi connectivity index (χ1n) is 5.35. The van der Waals surface area contributed by atoms with Gasteiger partial charge >= 0.3 is 0 Å². The van der Waals surface area contributed by atoms with Crippen LogP contribution < -0.4 is 5.32 Å². The summed E-state index contributed by atoms with van der Waals surface area (Å²) in [7, 11) is -3.60. The molecule has 0 unspecified atom stereocenters. The zero-order valence-corrected chi connectivity index (χ0v) is 10.7. The average Bonchev–Trinajstić information content (AvgIpc) is 2.37. The number of benzene rings is 1. The average molecular weight is 269 g/mol. The molecule has 18 heavy (non-hydrogen) atoms. The fourth-order valence-corrected chi connectivity index (χ4v) is 2.17. The molecule has 1 atom stereocenters. The molecule has 0 aliphatic carbocycles. The molecule has 0 saturated heterocycles. The largest absolute Gasteiger partial charge is 0.394 e. The Morgan fingerprint density at radius 1 is 1.39 bits per heavy atom. The Labute approximate surface area is 106 Å². The minimum Gasteiger partial charge on any atom is -0.394 e. The summed E-state index contributed by atoms with van der Waals surface area (Å²) >= 11 is 0. The van der Waals surface area contributed by atoms with Crippen molar-refractivity contribution in [2.75, 3.05) is 6.61 Å². The highest BCUT2D eigenvalue weighted by molar-refractivity contribution is 7.94. The molecule has 0 spiro atoms. The van der Waals surface area contributed by atoms with Crippen LogP contribution in [0.1, 0.15) is 6.92 Å². The number of aliphatic hydroxyl groups excluding tert-OH is 1. The van der Waals surface area contributed by atoms with Crippen LogP contribution in [0.4, 0.5) is 0 Å². The Balaban J connectivity index is 2.75. The molecule has 0 radical (unpaired) electrons. The maximum atomic E-state index is 11.8. The molecule has 0 bridgehead atoms. The molecule has 0 fully saturated rings. The van der Waals surface area contributed by atoms with E-state index in [1.54, 1.807) is 25.1 Å². The Morgan fingerprint density at radius 3 is 2.56 bits per heavy atom. The number of carbonyl (C=O) groups excluding carboxylic acids is 1. The van der Waals surface area contributed by atoms with Gasteiger partial charge in [0.1, 0.15) is 0 Å². The number of sulfone groups is 1. The first-order valence-corrected chi connectivity index (χ1v) is 6.90. The lowest BCUT2D eigenvalue weighted by Crippen LogP contribution is -2.33. The van der Waals surface area contributed by atoms with Crippen molar-refractivity contribution in [1.82, 2.24) is 5.32 Å². The number of rotatable bonds is 5. The Bertz CT molecular complexity index is 522. The molecule has 2 N–H and O–H groups in total. The van der Waals surface area contributed by atoms with Crippen LogP contribution in [-0.4, -0.2) is 32.1 Å². The third-order valence-electron chi connectivity index (χ3n) is 2.13. The normalized spacial score (nSPS) is 13.4. The summed E-state index contributed by atoms with van der Waals surface area (Å²) < 4.78 is 23.6. The predicted octanol–water partition coefficient (Wildman–Crippen LogP) is 0.471. The summed E-state index contributed by atoms with van der Waals surface area (Å²) in [5, 5.41) is 12.0. The van der Waals surface area contributed by atoms with E-state index in [0.717, 1.165) is 11.5 Å². The number of hydrogen-bond donors (Lipinski definition) is 2. The van der Waals surface area contributed by atoms with Crippen molar-refractivity contribution in [2.24, 2.45) is 0 Å². The van der Waals surface area contributed by atoms with Crippen molar-refractivity contribution in [3.8, 4) is 0 Å². The lowest BCUT2D eigenvalue weighted by Gasteiger charge is -2.07. The van der Waals surface area contributed by atoms with Gasteiger partial charge in [0.25, 0.3) is 0 Å². The van der Waals surface area contributed by atoms with E-state index in [9.17, 15) is 13.2 Å². The molecule has 0 aliphatic rings. The number of amides is 1. The van der Waals surface area contributed by atoms with Crippen LogP contribution in [0, 0.1) is 0 Å². The fraction of sp³-hybridized carbons (Fsp3) is 0.250. The summed E-state index contributed by atoms with van der Waals surface area (Å²) in [4.78, 5) is 11.4. The van der Waals surface area contributed by atoms with Gasteiger partial charge in [-0.3, -0.25) is 4.79 Å². The van der Waals surface area contributed by atoms with E-state index in [1.807, 2.05) is 0 Å². The highest BCUT2D eigenvalue weighted by Crippen LogP contribution is 2.10. The van der Waals surface area contributed by atoms with Gasteiger partial charge < -0.3 is 10.4 Å². The minimum atomic E-state index is -3.60. The van der Waals surface area contributed by atoms with Crippen molar-refractivity contribution >= 4 is 15.7 Å². The van der Waals surface area contributed by atoms with Gasteiger partial charge in [-0.2, -0.15) is 0 Å². The summed E-state index contributed by atoms with van der Waals surface area (Å²) in [6.07, 6.45) is 0.939. The van der Waals surface area contributed by atoms with Gasteiger partial charge in [0.2, 0.25) is 5.91 Å². The summed E-state index contributed by atoms with van der Waals surface area (Å²) in [6, 6.07) is 7.41. The molecule has 1 aromatic rings. The quantitative estimate of drug-likeness (QED) is 0.761. The van der Waals surface area contributed by atoms with Crippen LogP contribution >= 0.6 is 0 Å². The predicted molar refractivity (Wildman–Crippen MR) is 67.5 cm³/mol. The van der Waals surface area contributed by atoms with Crippen LogP contribution in [0.15, 0.2) is 46.7 Å². The van der Waals surface area contributed by atoms with Gasteiger partial charge in [0.15, 0.2) is 9.84 Å². The molecule has 0 aromatic heterocycles. The van der Waals surface area contributed by atoms with Crippen molar-refractivity contribution in [3.63, 3.8) is 0 Å². The van der Waals surface area contributed by atoms with Crippen molar-refractivity contribution in [1.29, 1.82) is 0 Å². The maximum absolute atomic E-state index is 11.8. The lowest BCUT2D eigenvalue weighted by molar-refractivity contribution is -0.117. The van der Waals surface area contributed by atoms with Crippen LogP contribution in [0.5, 0.6) is 0 Å². The fourth-order valence-electron chi connectivity index (χ4n) is 1.18. The van der Waals surface area contributed by atoms with Gasteiger partial charge in [-0.15, -0.1) is 0 Å².